The average molecular weight is 256 g/mol. The Morgan fingerprint density at radius 2 is 1.89 bits per heavy atom. The molecule has 0 saturated carbocycles. The number of ether oxygens (including phenoxy) is 1. The number of hydrogen-bond donors (Lipinski definition) is 2. The predicted molar refractivity (Wildman–Crippen MR) is 69.4 cm³/mol. The Balaban J connectivity index is 2.88. The third-order valence-corrected chi connectivity index (χ3v) is 2.69. The maximum absolute atomic E-state index is 12.5. The standard InChI is InChI=1S/C13H24N2O3/c1-12(2,3)10(16)9(15-13(4,5)6)8-7-14-11(17)18-8/h8-9,15H,7H2,1-6H3,(H,14,17)/t8?,9-/m0/s1. The molecule has 0 spiro atoms. The van der Waals surface area contributed by atoms with Crippen LogP contribution in [0.15, 0.2) is 0 Å². The van der Waals surface area contributed by atoms with Gasteiger partial charge in [-0.3, -0.25) is 10.1 Å². The molecule has 1 saturated heterocycles. The van der Waals surface area contributed by atoms with Gasteiger partial charge in [0.1, 0.15) is 12.1 Å². The van der Waals surface area contributed by atoms with Gasteiger partial charge in [0.25, 0.3) is 0 Å². The molecule has 0 aromatic rings. The summed E-state index contributed by atoms with van der Waals surface area (Å²) in [6, 6.07) is -0.482. The lowest BCUT2D eigenvalue weighted by molar-refractivity contribution is -0.131. The van der Waals surface area contributed by atoms with Crippen LogP contribution in [0.5, 0.6) is 0 Å². The summed E-state index contributed by atoms with van der Waals surface area (Å²) < 4.78 is 5.15. The Labute approximate surface area is 109 Å². The van der Waals surface area contributed by atoms with Gasteiger partial charge in [0.2, 0.25) is 0 Å². The van der Waals surface area contributed by atoms with E-state index in [0.29, 0.717) is 6.54 Å². The van der Waals surface area contributed by atoms with Gasteiger partial charge in [-0.1, -0.05) is 20.8 Å². The van der Waals surface area contributed by atoms with Crippen LogP contribution < -0.4 is 10.6 Å². The van der Waals surface area contributed by atoms with Gasteiger partial charge in [-0.25, -0.2) is 4.79 Å². The summed E-state index contributed by atoms with van der Waals surface area (Å²) in [6.45, 7) is 11.9. The minimum atomic E-state index is -0.482. The summed E-state index contributed by atoms with van der Waals surface area (Å²) >= 11 is 0. The third-order valence-electron chi connectivity index (χ3n) is 2.69. The van der Waals surface area contributed by atoms with E-state index in [0.717, 1.165) is 0 Å². The fraction of sp³-hybridized carbons (Fsp3) is 0.846. The summed E-state index contributed by atoms with van der Waals surface area (Å²) in [5, 5.41) is 5.85. The summed E-state index contributed by atoms with van der Waals surface area (Å²) in [5.74, 6) is 0.0546. The smallest absolute Gasteiger partial charge is 0.407 e. The van der Waals surface area contributed by atoms with E-state index in [1.807, 2.05) is 41.5 Å². The van der Waals surface area contributed by atoms with Crippen LogP contribution in [0.25, 0.3) is 0 Å². The second-order valence-corrected chi connectivity index (χ2v) is 6.81. The largest absolute Gasteiger partial charge is 0.442 e. The van der Waals surface area contributed by atoms with Gasteiger partial charge in [-0.05, 0) is 20.8 Å². The molecular formula is C13H24N2O3. The number of alkyl carbamates (subject to hydrolysis) is 1. The number of Topliss-reactive ketones (excluding diaryl/α,β-unsaturated/α-hetero) is 1. The zero-order chi connectivity index (χ0) is 14.1. The Bertz CT molecular complexity index is 339. The number of carbonyl (C=O) groups is 2. The highest BCUT2D eigenvalue weighted by Crippen LogP contribution is 2.22. The Hall–Kier alpha value is -1.10. The van der Waals surface area contributed by atoms with E-state index in [9.17, 15) is 9.59 Å². The molecule has 1 amide bonds. The molecule has 2 atom stereocenters. The molecule has 18 heavy (non-hydrogen) atoms. The Morgan fingerprint density at radius 3 is 2.22 bits per heavy atom. The third kappa shape index (κ3) is 3.98. The normalized spacial score (nSPS) is 22.3. The first kappa shape index (κ1) is 15.0. The van der Waals surface area contributed by atoms with Crippen molar-refractivity contribution in [3.63, 3.8) is 0 Å². The first-order chi connectivity index (χ1) is 8.00. The van der Waals surface area contributed by atoms with E-state index >= 15 is 0 Å². The lowest BCUT2D eigenvalue weighted by atomic mass is 9.83. The molecule has 0 radical (unpaired) electrons. The molecule has 104 valence electrons. The maximum Gasteiger partial charge on any atom is 0.407 e. The van der Waals surface area contributed by atoms with E-state index in [-0.39, 0.29) is 11.3 Å². The predicted octanol–water partition coefficient (Wildman–Crippen LogP) is 1.47. The fourth-order valence-corrected chi connectivity index (χ4v) is 1.85. The van der Waals surface area contributed by atoms with Crippen molar-refractivity contribution in [1.82, 2.24) is 10.6 Å². The van der Waals surface area contributed by atoms with Crippen LogP contribution in [0.3, 0.4) is 0 Å². The van der Waals surface area contributed by atoms with Crippen LogP contribution in [-0.2, 0) is 9.53 Å². The summed E-state index contributed by atoms with van der Waals surface area (Å²) in [5.41, 5.74) is -0.696. The molecule has 0 aromatic heterocycles. The number of ketones is 1. The van der Waals surface area contributed by atoms with E-state index in [1.54, 1.807) is 0 Å². The second kappa shape index (κ2) is 4.88. The molecule has 1 rings (SSSR count). The Kier molecular flexibility index (Phi) is 4.05. The van der Waals surface area contributed by atoms with E-state index in [1.165, 1.54) is 0 Å². The van der Waals surface area contributed by atoms with E-state index in [2.05, 4.69) is 10.6 Å². The first-order valence-electron chi connectivity index (χ1n) is 6.27. The molecule has 5 nitrogen and oxygen atoms in total. The minimum absolute atomic E-state index is 0.0546. The number of nitrogens with one attached hydrogen (secondary N) is 2. The van der Waals surface area contributed by atoms with Crippen LogP contribution in [0.1, 0.15) is 41.5 Å². The molecule has 1 fully saturated rings. The number of hydrogen-bond acceptors (Lipinski definition) is 4. The Morgan fingerprint density at radius 1 is 1.33 bits per heavy atom. The topological polar surface area (TPSA) is 67.4 Å². The number of cyclic esters (lactones) is 1. The van der Waals surface area contributed by atoms with Gasteiger partial charge in [-0.2, -0.15) is 0 Å². The molecule has 1 heterocycles. The quantitative estimate of drug-likeness (QED) is 0.802. The van der Waals surface area contributed by atoms with Gasteiger partial charge >= 0.3 is 6.09 Å². The van der Waals surface area contributed by atoms with Crippen LogP contribution in [-0.4, -0.2) is 36.1 Å². The van der Waals surface area contributed by atoms with Crippen molar-refractivity contribution in [2.24, 2.45) is 5.41 Å². The molecular weight excluding hydrogens is 232 g/mol. The van der Waals surface area contributed by atoms with Crippen LogP contribution in [0.2, 0.25) is 0 Å². The first-order valence-corrected chi connectivity index (χ1v) is 6.27. The summed E-state index contributed by atoms with van der Waals surface area (Å²) in [4.78, 5) is 23.6. The van der Waals surface area contributed by atoms with Crippen molar-refractivity contribution in [1.29, 1.82) is 0 Å². The van der Waals surface area contributed by atoms with Gasteiger partial charge in [0.15, 0.2) is 5.78 Å². The molecule has 0 aliphatic carbocycles. The number of amides is 1. The van der Waals surface area contributed by atoms with E-state index < -0.39 is 23.7 Å². The maximum atomic E-state index is 12.5. The number of rotatable bonds is 3. The van der Waals surface area contributed by atoms with Gasteiger partial charge < -0.3 is 10.1 Å². The second-order valence-electron chi connectivity index (χ2n) is 6.81. The van der Waals surface area contributed by atoms with Crippen molar-refractivity contribution < 1.29 is 14.3 Å². The van der Waals surface area contributed by atoms with E-state index in [4.69, 9.17) is 4.74 Å². The van der Waals surface area contributed by atoms with Crippen LogP contribution >= 0.6 is 0 Å². The monoisotopic (exact) mass is 256 g/mol. The molecule has 5 heteroatoms. The highest BCUT2D eigenvalue weighted by atomic mass is 16.6. The van der Waals surface area contributed by atoms with Crippen molar-refractivity contribution in [2.45, 2.75) is 59.2 Å². The highest BCUT2D eigenvalue weighted by Gasteiger charge is 2.41. The van der Waals surface area contributed by atoms with Gasteiger partial charge in [0.05, 0.1) is 6.54 Å². The zero-order valence-electron chi connectivity index (χ0n) is 12.1. The molecule has 0 bridgehead atoms. The SMILES string of the molecule is CC(C)(C)N[C@H](C(=O)C(C)(C)C)C1CNC(=O)O1. The lowest BCUT2D eigenvalue weighted by Crippen LogP contribution is -2.57. The van der Waals surface area contributed by atoms with Crippen LogP contribution in [0.4, 0.5) is 4.79 Å². The molecule has 1 unspecified atom stereocenters. The van der Waals surface area contributed by atoms with Crippen molar-refractivity contribution >= 4 is 11.9 Å². The van der Waals surface area contributed by atoms with Crippen molar-refractivity contribution in [3.05, 3.63) is 0 Å². The fourth-order valence-electron chi connectivity index (χ4n) is 1.85. The van der Waals surface area contributed by atoms with Crippen LogP contribution in [0, 0.1) is 5.41 Å². The van der Waals surface area contributed by atoms with Gasteiger partial charge in [0, 0.05) is 11.0 Å². The zero-order valence-corrected chi connectivity index (χ0v) is 12.1. The summed E-state index contributed by atoms with van der Waals surface area (Å²) in [6.07, 6.45) is -0.897. The van der Waals surface area contributed by atoms with Crippen molar-refractivity contribution in [2.75, 3.05) is 6.54 Å². The molecule has 0 aromatic carbocycles. The minimum Gasteiger partial charge on any atom is -0.442 e. The highest BCUT2D eigenvalue weighted by molar-refractivity contribution is 5.90. The summed E-state index contributed by atoms with van der Waals surface area (Å²) in [7, 11) is 0. The number of carbonyl (C=O) groups excluding carboxylic acids is 2. The average Bonchev–Trinajstić information content (AvgIpc) is 2.57. The van der Waals surface area contributed by atoms with Crippen molar-refractivity contribution in [3.8, 4) is 0 Å². The molecule has 1 aliphatic heterocycles. The lowest BCUT2D eigenvalue weighted by Gasteiger charge is -2.33. The van der Waals surface area contributed by atoms with Gasteiger partial charge in [-0.15, -0.1) is 0 Å². The molecule has 2 N–H and O–H groups in total. The molecule has 1 aliphatic rings.